The van der Waals surface area contributed by atoms with E-state index >= 15 is 0 Å². The maximum atomic E-state index is 7.39. The first-order valence-corrected chi connectivity index (χ1v) is 13.7. The van der Waals surface area contributed by atoms with Crippen molar-refractivity contribution in [3.63, 3.8) is 0 Å². The molecule has 3 heterocycles. The summed E-state index contributed by atoms with van der Waals surface area (Å²) >= 11 is 0. The SMILES string of the molecule is Cc1cc(C)nc(-c2oc3cnccc3c2O[Si](c2ccccc2)(c2ccccc2)C(C)(C)C)n1. The van der Waals surface area contributed by atoms with Crippen LogP contribution < -0.4 is 14.8 Å². The highest BCUT2D eigenvalue weighted by Crippen LogP contribution is 2.44. The lowest BCUT2D eigenvalue weighted by molar-refractivity contribution is 0.500. The van der Waals surface area contributed by atoms with Gasteiger partial charge in [0.05, 0.1) is 11.6 Å². The highest BCUT2D eigenvalue weighted by Gasteiger charge is 2.53. The normalized spacial score (nSPS) is 12.1. The highest BCUT2D eigenvalue weighted by atomic mass is 28.4. The first-order chi connectivity index (χ1) is 16.8. The Morgan fingerprint density at radius 1 is 0.800 bits per heavy atom. The maximum absolute atomic E-state index is 7.39. The Labute approximate surface area is 207 Å². The Morgan fingerprint density at radius 2 is 1.37 bits per heavy atom. The first-order valence-electron chi connectivity index (χ1n) is 11.8. The van der Waals surface area contributed by atoms with Crippen LogP contribution in [-0.2, 0) is 0 Å². The van der Waals surface area contributed by atoms with E-state index in [1.807, 2.05) is 38.1 Å². The molecular formula is C29H29N3O2Si. The summed E-state index contributed by atoms with van der Waals surface area (Å²) < 4.78 is 13.7. The van der Waals surface area contributed by atoms with Crippen molar-refractivity contribution < 1.29 is 8.84 Å². The molecule has 3 aromatic heterocycles. The Morgan fingerprint density at radius 3 is 1.91 bits per heavy atom. The van der Waals surface area contributed by atoms with E-state index in [4.69, 9.17) is 18.8 Å². The number of hydrogen-bond donors (Lipinski definition) is 0. The average molecular weight is 480 g/mol. The lowest BCUT2D eigenvalue weighted by atomic mass is 10.2. The quantitative estimate of drug-likeness (QED) is 0.296. The van der Waals surface area contributed by atoms with Crippen LogP contribution in [-0.4, -0.2) is 23.3 Å². The smallest absolute Gasteiger partial charge is 0.320 e. The lowest BCUT2D eigenvalue weighted by Gasteiger charge is -2.42. The van der Waals surface area contributed by atoms with E-state index in [0.29, 0.717) is 22.9 Å². The largest absolute Gasteiger partial charge is 0.531 e. The molecule has 35 heavy (non-hydrogen) atoms. The van der Waals surface area contributed by atoms with Gasteiger partial charge in [-0.15, -0.1) is 0 Å². The Kier molecular flexibility index (Phi) is 5.77. The summed E-state index contributed by atoms with van der Waals surface area (Å²) in [6.45, 7) is 10.7. The third-order valence-corrected chi connectivity index (χ3v) is 11.2. The predicted molar refractivity (Wildman–Crippen MR) is 143 cm³/mol. The van der Waals surface area contributed by atoms with E-state index in [2.05, 4.69) is 74.3 Å². The maximum Gasteiger partial charge on any atom is 0.320 e. The standard InChI is InChI=1S/C29H29N3O2Si/c1-20-18-21(2)32-28(31-20)27-26(24-16-17-30-19-25(24)33-27)34-35(29(3,4)5,22-12-8-6-9-13-22)23-14-10-7-11-15-23/h6-19H,1-5H3. The van der Waals surface area contributed by atoms with E-state index in [1.54, 1.807) is 12.4 Å². The fourth-order valence-corrected chi connectivity index (χ4v) is 9.25. The van der Waals surface area contributed by atoms with Gasteiger partial charge in [0.2, 0.25) is 5.76 Å². The van der Waals surface area contributed by atoms with Gasteiger partial charge in [-0.3, -0.25) is 4.98 Å². The fraction of sp³-hybridized carbons (Fsp3) is 0.207. The summed E-state index contributed by atoms with van der Waals surface area (Å²) in [5.74, 6) is 1.72. The van der Waals surface area contributed by atoms with E-state index in [1.165, 1.54) is 10.4 Å². The minimum atomic E-state index is -2.90. The second-order valence-electron chi connectivity index (χ2n) is 9.87. The summed E-state index contributed by atoms with van der Waals surface area (Å²) in [4.78, 5) is 13.7. The van der Waals surface area contributed by atoms with Gasteiger partial charge in [0, 0.05) is 17.6 Å². The van der Waals surface area contributed by atoms with Gasteiger partial charge in [-0.2, -0.15) is 0 Å². The van der Waals surface area contributed by atoms with Crippen molar-refractivity contribution in [3.05, 3.63) is 96.6 Å². The number of furan rings is 1. The van der Waals surface area contributed by atoms with Crippen LogP contribution in [0.4, 0.5) is 0 Å². The van der Waals surface area contributed by atoms with Crippen LogP contribution in [0.25, 0.3) is 22.6 Å². The highest BCUT2D eigenvalue weighted by molar-refractivity contribution is 7.00. The fourth-order valence-electron chi connectivity index (χ4n) is 4.81. The van der Waals surface area contributed by atoms with Crippen molar-refractivity contribution in [1.29, 1.82) is 0 Å². The van der Waals surface area contributed by atoms with Crippen LogP contribution in [0.15, 0.2) is 89.6 Å². The average Bonchev–Trinajstić information content (AvgIpc) is 3.20. The minimum Gasteiger partial charge on any atom is -0.531 e. The van der Waals surface area contributed by atoms with Gasteiger partial charge in [0.1, 0.15) is 0 Å². The van der Waals surface area contributed by atoms with Gasteiger partial charge in [-0.05, 0) is 41.4 Å². The van der Waals surface area contributed by atoms with Gasteiger partial charge in [0.25, 0.3) is 0 Å². The Balaban J connectivity index is 1.83. The molecule has 0 spiro atoms. The molecule has 0 amide bonds. The molecule has 2 aromatic carbocycles. The van der Waals surface area contributed by atoms with Crippen molar-refractivity contribution in [2.24, 2.45) is 0 Å². The van der Waals surface area contributed by atoms with Crippen molar-refractivity contribution in [1.82, 2.24) is 15.0 Å². The minimum absolute atomic E-state index is 0.201. The van der Waals surface area contributed by atoms with Crippen LogP contribution in [0.2, 0.25) is 5.04 Å². The molecule has 0 N–H and O–H groups in total. The molecule has 0 unspecified atom stereocenters. The number of aromatic nitrogens is 3. The summed E-state index contributed by atoms with van der Waals surface area (Å²) in [6, 6.07) is 25.1. The molecule has 5 nitrogen and oxygen atoms in total. The number of nitrogens with zero attached hydrogens (tertiary/aromatic N) is 3. The summed E-state index contributed by atoms with van der Waals surface area (Å²) in [6.07, 6.45) is 3.49. The molecule has 0 saturated heterocycles. The van der Waals surface area contributed by atoms with E-state index in [0.717, 1.165) is 16.8 Å². The zero-order chi connectivity index (χ0) is 24.6. The molecule has 5 rings (SSSR count). The van der Waals surface area contributed by atoms with E-state index in [-0.39, 0.29) is 5.04 Å². The zero-order valence-electron chi connectivity index (χ0n) is 20.7. The van der Waals surface area contributed by atoms with E-state index in [9.17, 15) is 0 Å². The molecule has 6 heteroatoms. The molecule has 0 aliphatic heterocycles. The second kappa shape index (κ2) is 8.78. The van der Waals surface area contributed by atoms with Gasteiger partial charge in [-0.1, -0.05) is 81.4 Å². The summed E-state index contributed by atoms with van der Waals surface area (Å²) in [7, 11) is -2.90. The zero-order valence-corrected chi connectivity index (χ0v) is 21.7. The number of benzene rings is 2. The molecule has 0 fully saturated rings. The number of hydrogen-bond acceptors (Lipinski definition) is 5. The third-order valence-electron chi connectivity index (χ3n) is 6.30. The topological polar surface area (TPSA) is 61.0 Å². The first kappa shape index (κ1) is 23.0. The Hall–Kier alpha value is -3.77. The summed E-state index contributed by atoms with van der Waals surface area (Å²) in [5, 5.41) is 3.04. The molecule has 0 saturated carbocycles. The van der Waals surface area contributed by atoms with Gasteiger partial charge in [-0.25, -0.2) is 9.97 Å². The molecule has 0 atom stereocenters. The van der Waals surface area contributed by atoms with Crippen LogP contribution in [0, 0.1) is 13.8 Å². The van der Waals surface area contributed by atoms with Gasteiger partial charge < -0.3 is 8.84 Å². The third kappa shape index (κ3) is 4.04. The van der Waals surface area contributed by atoms with Crippen LogP contribution in [0.3, 0.4) is 0 Å². The van der Waals surface area contributed by atoms with Crippen LogP contribution in [0.1, 0.15) is 32.2 Å². The number of pyridine rings is 1. The van der Waals surface area contributed by atoms with Crippen molar-refractivity contribution in [3.8, 4) is 17.3 Å². The van der Waals surface area contributed by atoms with Gasteiger partial charge >= 0.3 is 8.32 Å². The number of aryl methyl sites for hydroxylation is 2. The van der Waals surface area contributed by atoms with Crippen LogP contribution in [0.5, 0.6) is 5.75 Å². The molecule has 0 bridgehead atoms. The van der Waals surface area contributed by atoms with Crippen LogP contribution >= 0.6 is 0 Å². The van der Waals surface area contributed by atoms with Crippen molar-refractivity contribution >= 4 is 29.7 Å². The van der Waals surface area contributed by atoms with Crippen molar-refractivity contribution in [2.75, 3.05) is 0 Å². The monoisotopic (exact) mass is 479 g/mol. The second-order valence-corrected chi connectivity index (χ2v) is 14.1. The van der Waals surface area contributed by atoms with Gasteiger partial charge in [0.15, 0.2) is 17.2 Å². The molecule has 5 aromatic rings. The molecule has 176 valence electrons. The number of rotatable bonds is 5. The Bertz CT molecular complexity index is 1420. The lowest BCUT2D eigenvalue weighted by Crippen LogP contribution is -2.68. The summed E-state index contributed by atoms with van der Waals surface area (Å²) in [5.41, 5.74) is 2.41. The predicted octanol–water partition coefficient (Wildman–Crippen LogP) is 5.84. The molecule has 0 aliphatic carbocycles. The van der Waals surface area contributed by atoms with E-state index < -0.39 is 8.32 Å². The molecule has 0 radical (unpaired) electrons. The van der Waals surface area contributed by atoms with Crippen molar-refractivity contribution in [2.45, 2.75) is 39.7 Å². The molecular weight excluding hydrogens is 450 g/mol. The number of fused-ring (bicyclic) bond motifs is 1. The molecule has 0 aliphatic rings.